The Labute approximate surface area is 121 Å². The van der Waals surface area contributed by atoms with E-state index in [4.69, 9.17) is 4.74 Å². The molecule has 4 nitrogen and oxygen atoms in total. The van der Waals surface area contributed by atoms with Crippen molar-refractivity contribution >= 4 is 21.9 Å². The maximum Gasteiger partial charge on any atom is 0.416 e. The van der Waals surface area contributed by atoms with E-state index in [-0.39, 0.29) is 16.8 Å². The fourth-order valence-corrected chi connectivity index (χ4v) is 2.07. The van der Waals surface area contributed by atoms with E-state index in [1.807, 2.05) is 0 Å². The van der Waals surface area contributed by atoms with E-state index in [0.29, 0.717) is 6.07 Å². The van der Waals surface area contributed by atoms with Crippen molar-refractivity contribution in [3.8, 4) is 5.75 Å². The molecule has 20 heavy (non-hydrogen) atoms. The van der Waals surface area contributed by atoms with Gasteiger partial charge in [0.05, 0.1) is 23.8 Å². The molecular formula is C12H12BrF3O4. The maximum atomic E-state index is 13.0. The van der Waals surface area contributed by atoms with E-state index >= 15 is 0 Å². The van der Waals surface area contributed by atoms with Crippen molar-refractivity contribution in [1.29, 1.82) is 0 Å². The Morgan fingerprint density at radius 2 is 2.05 bits per heavy atom. The minimum atomic E-state index is -4.74. The van der Waals surface area contributed by atoms with Gasteiger partial charge >= 0.3 is 12.1 Å². The molecule has 0 amide bonds. The Morgan fingerprint density at radius 1 is 1.45 bits per heavy atom. The van der Waals surface area contributed by atoms with Gasteiger partial charge in [-0.1, -0.05) is 0 Å². The van der Waals surface area contributed by atoms with Crippen LogP contribution in [0.1, 0.15) is 24.2 Å². The molecule has 1 atom stereocenters. The molecule has 0 spiro atoms. The molecule has 1 N–H and O–H groups in total. The molecule has 8 heteroatoms. The van der Waals surface area contributed by atoms with Crippen LogP contribution in [0.5, 0.6) is 5.75 Å². The number of hydrogen-bond acceptors (Lipinski definition) is 4. The minimum absolute atomic E-state index is 0.0471. The van der Waals surface area contributed by atoms with Crippen molar-refractivity contribution < 1.29 is 32.5 Å². The Hall–Kier alpha value is -1.28. The van der Waals surface area contributed by atoms with Crippen LogP contribution in [0.25, 0.3) is 0 Å². The van der Waals surface area contributed by atoms with Crippen LogP contribution in [-0.4, -0.2) is 24.8 Å². The van der Waals surface area contributed by atoms with Gasteiger partial charge in [-0.2, -0.15) is 13.2 Å². The third kappa shape index (κ3) is 3.63. The molecule has 0 saturated carbocycles. The second kappa shape index (κ2) is 6.45. The molecule has 1 unspecified atom stereocenters. The van der Waals surface area contributed by atoms with Crippen LogP contribution in [0.4, 0.5) is 13.2 Å². The lowest BCUT2D eigenvalue weighted by molar-refractivity contribution is -0.155. The number of aliphatic hydroxyl groups excluding tert-OH is 1. The number of benzene rings is 1. The highest BCUT2D eigenvalue weighted by molar-refractivity contribution is 9.10. The summed E-state index contributed by atoms with van der Waals surface area (Å²) in [6.07, 6.45) is -6.76. The highest BCUT2D eigenvalue weighted by Gasteiger charge is 2.38. The van der Waals surface area contributed by atoms with E-state index in [2.05, 4.69) is 20.7 Å². The van der Waals surface area contributed by atoms with Gasteiger partial charge in [-0.05, 0) is 35.0 Å². The van der Waals surface area contributed by atoms with E-state index < -0.39 is 29.4 Å². The van der Waals surface area contributed by atoms with Crippen LogP contribution >= 0.6 is 15.9 Å². The lowest BCUT2D eigenvalue weighted by Gasteiger charge is -2.18. The highest BCUT2D eigenvalue weighted by Crippen LogP contribution is 2.40. The van der Waals surface area contributed by atoms with E-state index in [1.165, 1.54) is 14.0 Å². The van der Waals surface area contributed by atoms with Gasteiger partial charge in [-0.15, -0.1) is 0 Å². The molecule has 0 fully saturated rings. The average molecular weight is 357 g/mol. The summed E-state index contributed by atoms with van der Waals surface area (Å²) in [5.74, 6) is -1.20. The fraction of sp³-hybridized carbons (Fsp3) is 0.417. The smallest absolute Gasteiger partial charge is 0.416 e. The van der Waals surface area contributed by atoms with Crippen LogP contribution in [0.15, 0.2) is 16.6 Å². The van der Waals surface area contributed by atoms with Crippen LogP contribution in [0, 0.1) is 0 Å². The third-order valence-corrected chi connectivity index (χ3v) is 3.05. The van der Waals surface area contributed by atoms with Gasteiger partial charge in [0.25, 0.3) is 0 Å². The van der Waals surface area contributed by atoms with Gasteiger partial charge in [-0.25, -0.2) is 4.79 Å². The van der Waals surface area contributed by atoms with Gasteiger partial charge in [0.1, 0.15) is 5.75 Å². The largest absolute Gasteiger partial charge is 0.496 e. The molecule has 0 heterocycles. The Kier molecular flexibility index (Phi) is 5.41. The number of esters is 1. The molecule has 0 aromatic heterocycles. The lowest BCUT2D eigenvalue weighted by Crippen LogP contribution is -2.20. The van der Waals surface area contributed by atoms with Crippen molar-refractivity contribution in [2.45, 2.75) is 19.2 Å². The normalized spacial score (nSPS) is 12.9. The van der Waals surface area contributed by atoms with Crippen LogP contribution in [0.2, 0.25) is 0 Å². The average Bonchev–Trinajstić information content (AvgIpc) is 2.36. The predicted molar refractivity (Wildman–Crippen MR) is 67.3 cm³/mol. The van der Waals surface area contributed by atoms with Crippen molar-refractivity contribution in [2.24, 2.45) is 0 Å². The standard InChI is InChI=1S/C12H12BrF3O4/c1-3-20-11(18)10(17)6-4-8(13)9(19-2)5-7(6)12(14,15)16/h4-5,10,17H,3H2,1-2H3. The SMILES string of the molecule is CCOC(=O)C(O)c1cc(Br)c(OC)cc1C(F)(F)F. The monoisotopic (exact) mass is 356 g/mol. The van der Waals surface area contributed by atoms with Crippen LogP contribution < -0.4 is 4.74 Å². The molecule has 112 valence electrons. The van der Waals surface area contributed by atoms with Gasteiger partial charge in [0.15, 0.2) is 6.10 Å². The third-order valence-electron chi connectivity index (χ3n) is 2.43. The molecular weight excluding hydrogens is 345 g/mol. The summed E-state index contributed by atoms with van der Waals surface area (Å²) in [6.45, 7) is 1.44. The van der Waals surface area contributed by atoms with Crippen molar-refractivity contribution in [2.75, 3.05) is 13.7 Å². The van der Waals surface area contributed by atoms with Crippen molar-refractivity contribution in [3.05, 3.63) is 27.7 Å². The molecule has 0 radical (unpaired) electrons. The second-order valence-corrected chi connectivity index (χ2v) is 4.58. The summed E-state index contributed by atoms with van der Waals surface area (Å²) in [7, 11) is 1.21. The van der Waals surface area contributed by atoms with Crippen LogP contribution in [-0.2, 0) is 15.7 Å². The Bertz CT molecular complexity index is 502. The lowest BCUT2D eigenvalue weighted by atomic mass is 10.0. The summed E-state index contributed by atoms with van der Waals surface area (Å²) in [5, 5.41) is 9.72. The first kappa shape index (κ1) is 16.8. The number of rotatable bonds is 4. The molecule has 1 aromatic rings. The molecule has 0 aliphatic heterocycles. The number of carbonyl (C=O) groups excluding carboxylic acids is 1. The first-order valence-corrected chi connectivity index (χ1v) is 6.31. The number of alkyl halides is 3. The number of hydrogen-bond donors (Lipinski definition) is 1. The van der Waals surface area contributed by atoms with E-state index in [0.717, 1.165) is 6.07 Å². The fourth-order valence-electron chi connectivity index (χ4n) is 1.55. The van der Waals surface area contributed by atoms with Crippen molar-refractivity contribution in [3.63, 3.8) is 0 Å². The molecule has 1 rings (SSSR count). The molecule has 0 aliphatic rings. The van der Waals surface area contributed by atoms with E-state index in [9.17, 15) is 23.1 Å². The summed E-state index contributed by atoms with van der Waals surface area (Å²) in [6, 6.07) is 1.70. The number of ether oxygens (including phenoxy) is 2. The first-order chi connectivity index (χ1) is 9.22. The quantitative estimate of drug-likeness (QED) is 0.842. The number of halogens is 4. The summed E-state index contributed by atoms with van der Waals surface area (Å²) in [4.78, 5) is 11.4. The topological polar surface area (TPSA) is 55.8 Å². The van der Waals surface area contributed by atoms with Crippen molar-refractivity contribution in [1.82, 2.24) is 0 Å². The summed E-state index contributed by atoms with van der Waals surface area (Å²) >= 11 is 3.01. The zero-order chi connectivity index (χ0) is 15.5. The van der Waals surface area contributed by atoms with Gasteiger partial charge in [-0.3, -0.25) is 0 Å². The number of carbonyl (C=O) groups is 1. The highest BCUT2D eigenvalue weighted by atomic mass is 79.9. The Morgan fingerprint density at radius 3 is 2.50 bits per heavy atom. The minimum Gasteiger partial charge on any atom is -0.496 e. The molecule has 0 aliphatic carbocycles. The second-order valence-electron chi connectivity index (χ2n) is 3.73. The van der Waals surface area contributed by atoms with Gasteiger partial charge in [0.2, 0.25) is 0 Å². The molecule has 0 bridgehead atoms. The van der Waals surface area contributed by atoms with Crippen LogP contribution in [0.3, 0.4) is 0 Å². The van der Waals surface area contributed by atoms with E-state index in [1.54, 1.807) is 0 Å². The number of methoxy groups -OCH3 is 1. The zero-order valence-corrected chi connectivity index (χ0v) is 12.2. The summed E-state index contributed by atoms with van der Waals surface area (Å²) in [5.41, 5.74) is -1.75. The predicted octanol–water partition coefficient (Wildman–Crippen LogP) is 3.07. The maximum absolute atomic E-state index is 13.0. The molecule has 1 aromatic carbocycles. The molecule has 0 saturated heterocycles. The zero-order valence-electron chi connectivity index (χ0n) is 10.6. The van der Waals surface area contributed by atoms with Gasteiger partial charge in [0, 0.05) is 5.56 Å². The Balaban J connectivity index is 3.37. The van der Waals surface area contributed by atoms with Gasteiger partial charge < -0.3 is 14.6 Å². The first-order valence-electron chi connectivity index (χ1n) is 5.51. The summed E-state index contributed by atoms with van der Waals surface area (Å²) < 4.78 is 48.4. The number of aliphatic hydroxyl groups is 1.